The van der Waals surface area contributed by atoms with Gasteiger partial charge in [-0.1, -0.05) is 6.07 Å². The van der Waals surface area contributed by atoms with Gasteiger partial charge in [-0.2, -0.15) is 0 Å². The zero-order valence-electron chi connectivity index (χ0n) is 25.1. The third-order valence-electron chi connectivity index (χ3n) is 7.27. The second-order valence-corrected chi connectivity index (χ2v) is 10.8. The molecular formula is C32H36F2N6O4. The number of ether oxygens (including phenoxy) is 3. The lowest BCUT2D eigenvalue weighted by Crippen LogP contribution is -2.54. The van der Waals surface area contributed by atoms with Crippen LogP contribution in [0.4, 0.5) is 26.1 Å². The Hall–Kier alpha value is -4.71. The van der Waals surface area contributed by atoms with Gasteiger partial charge >= 0.3 is 0 Å². The number of nitrogens with one attached hydrogen (secondary N) is 2. The highest BCUT2D eigenvalue weighted by molar-refractivity contribution is 5.67. The van der Waals surface area contributed by atoms with Crippen LogP contribution in [0.5, 0.6) is 17.2 Å². The van der Waals surface area contributed by atoms with Gasteiger partial charge in [-0.25, -0.2) is 18.7 Å². The molecule has 0 bridgehead atoms. The maximum Gasteiger partial charge on any atom is 0.250 e. The molecule has 0 saturated carbocycles. The summed E-state index contributed by atoms with van der Waals surface area (Å²) in [5.74, 6) is -0.347. The van der Waals surface area contributed by atoms with Gasteiger partial charge in [0.25, 0.3) is 5.56 Å². The summed E-state index contributed by atoms with van der Waals surface area (Å²) in [7, 11) is 1.32. The lowest BCUT2D eigenvalue weighted by atomic mass is 10.1. The molecule has 232 valence electrons. The Labute approximate surface area is 254 Å². The van der Waals surface area contributed by atoms with E-state index in [1.54, 1.807) is 16.8 Å². The van der Waals surface area contributed by atoms with Crippen molar-refractivity contribution in [2.75, 3.05) is 37.0 Å². The number of piperazine rings is 1. The van der Waals surface area contributed by atoms with E-state index in [1.165, 1.54) is 38.6 Å². The van der Waals surface area contributed by atoms with E-state index < -0.39 is 11.6 Å². The van der Waals surface area contributed by atoms with Crippen LogP contribution in [0.15, 0.2) is 65.8 Å². The van der Waals surface area contributed by atoms with Gasteiger partial charge in [-0.3, -0.25) is 4.79 Å². The summed E-state index contributed by atoms with van der Waals surface area (Å²) >= 11 is 0. The van der Waals surface area contributed by atoms with E-state index in [-0.39, 0.29) is 34.8 Å². The maximum absolute atomic E-state index is 14.6. The highest BCUT2D eigenvalue weighted by atomic mass is 19.1. The molecule has 0 aliphatic carbocycles. The molecule has 1 aliphatic rings. The van der Waals surface area contributed by atoms with Gasteiger partial charge < -0.3 is 34.3 Å². The second-order valence-electron chi connectivity index (χ2n) is 10.8. The van der Waals surface area contributed by atoms with Crippen LogP contribution >= 0.6 is 0 Å². The first kappa shape index (κ1) is 30.7. The molecule has 2 aromatic carbocycles. The van der Waals surface area contributed by atoms with Crippen LogP contribution in [-0.4, -0.2) is 53.4 Å². The number of benzene rings is 2. The summed E-state index contributed by atoms with van der Waals surface area (Å²) in [5, 5.41) is 6.72. The van der Waals surface area contributed by atoms with Crippen LogP contribution in [0.2, 0.25) is 0 Å². The molecule has 0 unspecified atom stereocenters. The average Bonchev–Trinajstić information content (AvgIpc) is 3.00. The summed E-state index contributed by atoms with van der Waals surface area (Å²) < 4.78 is 47.6. The van der Waals surface area contributed by atoms with Crippen molar-refractivity contribution >= 4 is 17.3 Å². The fourth-order valence-corrected chi connectivity index (χ4v) is 5.21. The van der Waals surface area contributed by atoms with Crippen molar-refractivity contribution in [3.05, 3.63) is 94.2 Å². The minimum atomic E-state index is -0.808. The molecule has 10 nitrogen and oxygen atoms in total. The van der Waals surface area contributed by atoms with Crippen molar-refractivity contribution in [2.45, 2.75) is 46.0 Å². The Morgan fingerprint density at radius 3 is 2.45 bits per heavy atom. The van der Waals surface area contributed by atoms with Gasteiger partial charge in [0.2, 0.25) is 5.95 Å². The molecule has 2 atom stereocenters. The maximum atomic E-state index is 14.6. The molecule has 2 N–H and O–H groups in total. The number of pyridine rings is 1. The minimum Gasteiger partial charge on any atom is -0.494 e. The number of hydrogen-bond donors (Lipinski definition) is 2. The van der Waals surface area contributed by atoms with Crippen LogP contribution in [0, 0.1) is 18.6 Å². The van der Waals surface area contributed by atoms with E-state index in [1.807, 2.05) is 24.3 Å². The zero-order chi connectivity index (χ0) is 31.2. The Morgan fingerprint density at radius 2 is 1.75 bits per heavy atom. The van der Waals surface area contributed by atoms with E-state index in [0.717, 1.165) is 18.8 Å². The molecule has 44 heavy (non-hydrogen) atoms. The highest BCUT2D eigenvalue weighted by Crippen LogP contribution is 2.34. The van der Waals surface area contributed by atoms with Gasteiger partial charge in [0.1, 0.15) is 24.8 Å². The van der Waals surface area contributed by atoms with E-state index in [2.05, 4.69) is 39.3 Å². The first-order valence-electron chi connectivity index (χ1n) is 14.4. The van der Waals surface area contributed by atoms with Crippen molar-refractivity contribution < 1.29 is 23.0 Å². The van der Waals surface area contributed by atoms with Crippen molar-refractivity contribution in [3.63, 3.8) is 0 Å². The van der Waals surface area contributed by atoms with Gasteiger partial charge in [0.15, 0.2) is 17.3 Å². The van der Waals surface area contributed by atoms with Crippen molar-refractivity contribution in [1.82, 2.24) is 19.9 Å². The fourth-order valence-electron chi connectivity index (χ4n) is 5.21. The predicted molar refractivity (Wildman–Crippen MR) is 164 cm³/mol. The monoisotopic (exact) mass is 606 g/mol. The third kappa shape index (κ3) is 7.25. The van der Waals surface area contributed by atoms with Crippen molar-refractivity contribution in [1.29, 1.82) is 0 Å². The summed E-state index contributed by atoms with van der Waals surface area (Å²) in [6.45, 7) is 7.81. The largest absolute Gasteiger partial charge is 0.494 e. The molecule has 12 heteroatoms. The predicted octanol–water partition coefficient (Wildman–Crippen LogP) is 4.82. The number of aryl methyl sites for hydroxylation is 1. The van der Waals surface area contributed by atoms with Gasteiger partial charge in [-0.15, -0.1) is 0 Å². The normalized spacial score (nSPS) is 16.5. The SMILES string of the molecule is COc1cc(C)c(F)c(COc2cnc(Nc3ccc(N4C[C@@H](C)N[C@@H](C)C4)c(OCCn4ccccc4=O)c3)nc2)c1F. The van der Waals surface area contributed by atoms with Gasteiger partial charge in [0, 0.05) is 49.2 Å². The van der Waals surface area contributed by atoms with Crippen LogP contribution in [0.25, 0.3) is 0 Å². The summed E-state index contributed by atoms with van der Waals surface area (Å²) in [6.07, 6.45) is 4.58. The second kappa shape index (κ2) is 13.7. The van der Waals surface area contributed by atoms with Crippen molar-refractivity contribution in [3.8, 4) is 17.2 Å². The Bertz CT molecular complexity index is 1640. The first-order valence-corrected chi connectivity index (χ1v) is 14.4. The van der Waals surface area contributed by atoms with E-state index in [4.69, 9.17) is 14.2 Å². The molecule has 2 aromatic heterocycles. The number of aromatic nitrogens is 3. The topological polar surface area (TPSA) is 103 Å². The summed E-state index contributed by atoms with van der Waals surface area (Å²) in [4.78, 5) is 23.0. The number of rotatable bonds is 11. The molecule has 0 amide bonds. The Kier molecular flexibility index (Phi) is 9.59. The molecule has 5 rings (SSSR count). The Balaban J connectivity index is 1.29. The summed E-state index contributed by atoms with van der Waals surface area (Å²) in [5.41, 5.74) is 1.58. The smallest absolute Gasteiger partial charge is 0.250 e. The minimum absolute atomic E-state index is 0.0531. The van der Waals surface area contributed by atoms with Crippen LogP contribution < -0.4 is 35.3 Å². The zero-order valence-corrected chi connectivity index (χ0v) is 25.1. The van der Waals surface area contributed by atoms with E-state index in [0.29, 0.717) is 42.6 Å². The molecule has 1 fully saturated rings. The number of halogens is 2. The highest BCUT2D eigenvalue weighted by Gasteiger charge is 2.24. The molecule has 1 aliphatic heterocycles. The van der Waals surface area contributed by atoms with Crippen LogP contribution in [0.3, 0.4) is 0 Å². The van der Waals surface area contributed by atoms with Crippen LogP contribution in [0.1, 0.15) is 25.0 Å². The van der Waals surface area contributed by atoms with Crippen LogP contribution in [-0.2, 0) is 13.2 Å². The van der Waals surface area contributed by atoms with E-state index >= 15 is 0 Å². The first-order chi connectivity index (χ1) is 21.2. The number of methoxy groups -OCH3 is 1. The molecule has 0 spiro atoms. The lowest BCUT2D eigenvalue weighted by Gasteiger charge is -2.38. The fraction of sp³-hybridized carbons (Fsp3) is 0.344. The van der Waals surface area contributed by atoms with Gasteiger partial charge in [0.05, 0.1) is 37.3 Å². The quantitative estimate of drug-likeness (QED) is 0.249. The average molecular weight is 607 g/mol. The summed E-state index contributed by atoms with van der Waals surface area (Å²) in [6, 6.07) is 12.8. The molecular weight excluding hydrogens is 570 g/mol. The van der Waals surface area contributed by atoms with Gasteiger partial charge in [-0.05, 0) is 50.6 Å². The molecule has 1 saturated heterocycles. The third-order valence-corrected chi connectivity index (χ3v) is 7.27. The molecule has 4 aromatic rings. The van der Waals surface area contributed by atoms with E-state index in [9.17, 15) is 13.6 Å². The molecule has 0 radical (unpaired) electrons. The van der Waals surface area contributed by atoms with Crippen molar-refractivity contribution in [2.24, 2.45) is 0 Å². The lowest BCUT2D eigenvalue weighted by molar-refractivity contribution is 0.285. The number of hydrogen-bond acceptors (Lipinski definition) is 9. The number of anilines is 3. The molecule has 3 heterocycles. The standard InChI is InChI=1S/C32H36F2N6O4/c1-20-13-28(42-4)31(34)25(30(20)33)19-44-24-15-35-32(36-16-24)38-23-8-9-26(40-17-21(2)37-22(3)18-40)27(14-23)43-12-11-39-10-6-5-7-29(39)41/h5-10,13-16,21-22,37H,11-12,17-19H2,1-4H3,(H,35,36,38)/t21-,22+. The number of nitrogens with zero attached hydrogens (tertiary/aromatic N) is 4. The Morgan fingerprint density at radius 1 is 1.00 bits per heavy atom.